The van der Waals surface area contributed by atoms with Crippen LogP contribution < -0.4 is 5.32 Å². The van der Waals surface area contributed by atoms with Gasteiger partial charge in [-0.2, -0.15) is 0 Å². The molecule has 1 unspecified atom stereocenters. The van der Waals surface area contributed by atoms with Gasteiger partial charge < -0.3 is 15.5 Å². The molecule has 0 radical (unpaired) electrons. The minimum Gasteiger partial charge on any atom is -0.481 e. The molecule has 4 nitrogen and oxygen atoms in total. The topological polar surface area (TPSA) is 69.6 Å². The summed E-state index contributed by atoms with van der Waals surface area (Å²) < 4.78 is 25.7. The van der Waals surface area contributed by atoms with Crippen LogP contribution in [-0.4, -0.2) is 28.8 Å². The normalized spacial score (nSPS) is 12.2. The summed E-state index contributed by atoms with van der Waals surface area (Å²) in [5.74, 6) is -2.44. The van der Waals surface area contributed by atoms with E-state index >= 15 is 0 Å². The van der Waals surface area contributed by atoms with E-state index in [1.807, 2.05) is 0 Å². The van der Waals surface area contributed by atoms with Crippen molar-refractivity contribution in [1.29, 1.82) is 0 Å². The molecule has 0 heterocycles. The van der Waals surface area contributed by atoms with Crippen molar-refractivity contribution in [2.45, 2.75) is 18.9 Å². The largest absolute Gasteiger partial charge is 0.481 e. The van der Waals surface area contributed by atoms with Crippen LogP contribution in [0.3, 0.4) is 0 Å². The van der Waals surface area contributed by atoms with Gasteiger partial charge in [0.15, 0.2) is 0 Å². The molecule has 0 saturated carbocycles. The Morgan fingerprint density at radius 2 is 2.12 bits per heavy atom. The summed E-state index contributed by atoms with van der Waals surface area (Å²) in [7, 11) is 0. The van der Waals surface area contributed by atoms with Crippen LogP contribution in [0, 0.1) is 11.6 Å². The number of carbonyl (C=O) groups is 1. The molecular formula is C11H13F2NO3. The first-order valence-electron chi connectivity index (χ1n) is 5.08. The number of aliphatic hydroxyl groups excluding tert-OH is 1. The highest BCUT2D eigenvalue weighted by Gasteiger charge is 2.09. The number of aliphatic carboxylic acids is 1. The Morgan fingerprint density at radius 3 is 2.71 bits per heavy atom. The number of benzene rings is 1. The summed E-state index contributed by atoms with van der Waals surface area (Å²) in [4.78, 5) is 10.2. The van der Waals surface area contributed by atoms with Crippen LogP contribution in [0.5, 0.6) is 0 Å². The molecule has 94 valence electrons. The van der Waals surface area contributed by atoms with Gasteiger partial charge in [-0.1, -0.05) is 0 Å². The molecule has 0 saturated heterocycles. The Morgan fingerprint density at radius 1 is 1.41 bits per heavy atom. The van der Waals surface area contributed by atoms with Crippen LogP contribution in [-0.2, 0) is 4.79 Å². The third kappa shape index (κ3) is 4.78. The number of carboxylic acids is 1. The van der Waals surface area contributed by atoms with Crippen LogP contribution >= 0.6 is 0 Å². The number of hydrogen-bond acceptors (Lipinski definition) is 3. The van der Waals surface area contributed by atoms with Gasteiger partial charge in [0, 0.05) is 19.0 Å². The molecule has 1 aromatic carbocycles. The second-order valence-corrected chi connectivity index (χ2v) is 3.59. The Balaban J connectivity index is 2.41. The quantitative estimate of drug-likeness (QED) is 0.712. The van der Waals surface area contributed by atoms with E-state index < -0.39 is 23.7 Å². The Kier molecular flexibility index (Phi) is 4.84. The molecule has 1 aromatic rings. The Labute approximate surface area is 96.9 Å². The third-order valence-corrected chi connectivity index (χ3v) is 2.15. The summed E-state index contributed by atoms with van der Waals surface area (Å²) in [6.45, 7) is 0.00975. The second kappa shape index (κ2) is 6.15. The van der Waals surface area contributed by atoms with Gasteiger partial charge in [-0.3, -0.25) is 4.79 Å². The van der Waals surface area contributed by atoms with Crippen molar-refractivity contribution in [3.8, 4) is 0 Å². The van der Waals surface area contributed by atoms with E-state index in [-0.39, 0.29) is 25.1 Å². The van der Waals surface area contributed by atoms with Crippen molar-refractivity contribution in [1.82, 2.24) is 0 Å². The summed E-state index contributed by atoms with van der Waals surface area (Å²) in [5, 5.41) is 20.4. The van der Waals surface area contributed by atoms with Gasteiger partial charge in [-0.25, -0.2) is 8.78 Å². The first-order chi connectivity index (χ1) is 7.99. The van der Waals surface area contributed by atoms with Crippen molar-refractivity contribution in [3.63, 3.8) is 0 Å². The molecule has 0 spiro atoms. The van der Waals surface area contributed by atoms with E-state index in [1.54, 1.807) is 0 Å². The molecule has 0 bridgehead atoms. The molecule has 0 aliphatic carbocycles. The van der Waals surface area contributed by atoms with Crippen molar-refractivity contribution in [2.24, 2.45) is 0 Å². The molecule has 1 atom stereocenters. The van der Waals surface area contributed by atoms with Crippen molar-refractivity contribution in [2.75, 3.05) is 11.9 Å². The van der Waals surface area contributed by atoms with E-state index in [2.05, 4.69) is 5.32 Å². The van der Waals surface area contributed by atoms with Gasteiger partial charge in [0.05, 0.1) is 11.8 Å². The van der Waals surface area contributed by atoms with E-state index in [4.69, 9.17) is 5.11 Å². The highest BCUT2D eigenvalue weighted by Crippen LogP contribution is 2.15. The van der Waals surface area contributed by atoms with E-state index in [0.29, 0.717) is 0 Å². The van der Waals surface area contributed by atoms with Crippen LogP contribution in [0.2, 0.25) is 0 Å². The number of anilines is 1. The lowest BCUT2D eigenvalue weighted by atomic mass is 10.2. The number of nitrogens with one attached hydrogen (secondary N) is 1. The monoisotopic (exact) mass is 245 g/mol. The predicted molar refractivity (Wildman–Crippen MR) is 57.7 cm³/mol. The minimum atomic E-state index is -1.00. The van der Waals surface area contributed by atoms with Gasteiger partial charge >= 0.3 is 5.97 Å². The fourth-order valence-corrected chi connectivity index (χ4v) is 1.25. The average Bonchev–Trinajstić information content (AvgIpc) is 2.25. The molecule has 0 aliphatic rings. The zero-order valence-electron chi connectivity index (χ0n) is 8.99. The highest BCUT2D eigenvalue weighted by atomic mass is 19.1. The van der Waals surface area contributed by atoms with Crippen LogP contribution in [0.15, 0.2) is 18.2 Å². The van der Waals surface area contributed by atoms with E-state index in [0.717, 1.165) is 12.1 Å². The summed E-state index contributed by atoms with van der Waals surface area (Å²) in [6, 6.07) is 3.04. The zero-order valence-corrected chi connectivity index (χ0v) is 8.99. The maximum atomic E-state index is 13.1. The summed E-state index contributed by atoms with van der Waals surface area (Å²) in [5.41, 5.74) is 0.0702. The third-order valence-electron chi connectivity index (χ3n) is 2.15. The fourth-order valence-electron chi connectivity index (χ4n) is 1.25. The van der Waals surface area contributed by atoms with Crippen molar-refractivity contribution >= 4 is 11.7 Å². The molecular weight excluding hydrogens is 232 g/mol. The van der Waals surface area contributed by atoms with Gasteiger partial charge in [0.25, 0.3) is 0 Å². The zero-order chi connectivity index (χ0) is 12.8. The van der Waals surface area contributed by atoms with Crippen molar-refractivity contribution in [3.05, 3.63) is 29.8 Å². The van der Waals surface area contributed by atoms with Gasteiger partial charge in [0.2, 0.25) is 0 Å². The Hall–Kier alpha value is -1.69. The lowest BCUT2D eigenvalue weighted by molar-refractivity contribution is -0.137. The number of rotatable bonds is 6. The molecule has 0 amide bonds. The molecule has 0 aromatic heterocycles. The van der Waals surface area contributed by atoms with Crippen LogP contribution in [0.4, 0.5) is 14.5 Å². The predicted octanol–water partition coefficient (Wildman–Crippen LogP) is 1.60. The number of carboxylic acid groups (broad SMARTS) is 1. The maximum Gasteiger partial charge on any atom is 0.303 e. The molecule has 0 aliphatic heterocycles. The molecule has 6 heteroatoms. The lowest BCUT2D eigenvalue weighted by Crippen LogP contribution is -2.20. The van der Waals surface area contributed by atoms with Gasteiger partial charge in [-0.05, 0) is 18.6 Å². The number of halogens is 2. The van der Waals surface area contributed by atoms with E-state index in [1.165, 1.54) is 6.07 Å². The van der Waals surface area contributed by atoms with Gasteiger partial charge in [0.1, 0.15) is 11.6 Å². The standard InChI is InChI=1S/C11H13F2NO3/c12-7-1-3-10(9(13)5-7)14-6-8(15)2-4-11(16)17/h1,3,5,8,14-15H,2,4,6H2,(H,16,17). The fraction of sp³-hybridized carbons (Fsp3) is 0.364. The average molecular weight is 245 g/mol. The molecule has 3 N–H and O–H groups in total. The number of aliphatic hydroxyl groups is 1. The Bertz CT molecular complexity index is 398. The van der Waals surface area contributed by atoms with Crippen LogP contribution in [0.25, 0.3) is 0 Å². The number of hydrogen-bond donors (Lipinski definition) is 3. The lowest BCUT2D eigenvalue weighted by Gasteiger charge is -2.12. The summed E-state index contributed by atoms with van der Waals surface area (Å²) in [6.07, 6.45) is -0.976. The SMILES string of the molecule is O=C(O)CCC(O)CNc1ccc(F)cc1F. The minimum absolute atomic E-state index is 0.00975. The highest BCUT2D eigenvalue weighted by molar-refractivity contribution is 5.66. The first-order valence-corrected chi connectivity index (χ1v) is 5.08. The van der Waals surface area contributed by atoms with Crippen LogP contribution in [0.1, 0.15) is 12.8 Å². The second-order valence-electron chi connectivity index (χ2n) is 3.59. The molecule has 1 rings (SSSR count). The molecule has 17 heavy (non-hydrogen) atoms. The molecule has 0 fully saturated rings. The smallest absolute Gasteiger partial charge is 0.303 e. The van der Waals surface area contributed by atoms with Gasteiger partial charge in [-0.15, -0.1) is 0 Å². The van der Waals surface area contributed by atoms with E-state index in [9.17, 15) is 18.7 Å². The maximum absolute atomic E-state index is 13.1. The first kappa shape index (κ1) is 13.4. The van der Waals surface area contributed by atoms with Crippen molar-refractivity contribution < 1.29 is 23.8 Å². The summed E-state index contributed by atoms with van der Waals surface area (Å²) >= 11 is 0.